The predicted octanol–water partition coefficient (Wildman–Crippen LogP) is 8.41. The monoisotopic (exact) mass is 454 g/mol. The molecule has 0 aromatic heterocycles. The SMILES string of the molecule is CCCCCC(CCC)COC(=O)CCCCCCC(=O)OCC(CCC)CCCCC. The summed E-state index contributed by atoms with van der Waals surface area (Å²) in [5, 5.41) is 0. The summed E-state index contributed by atoms with van der Waals surface area (Å²) in [6, 6.07) is 0. The normalized spacial score (nSPS) is 13.0. The van der Waals surface area contributed by atoms with Crippen LogP contribution in [-0.2, 0) is 19.1 Å². The van der Waals surface area contributed by atoms with Crippen LogP contribution in [0.15, 0.2) is 0 Å². The van der Waals surface area contributed by atoms with Gasteiger partial charge in [-0.25, -0.2) is 0 Å². The Balaban J connectivity index is 3.78. The van der Waals surface area contributed by atoms with Gasteiger partial charge in [0.15, 0.2) is 0 Å². The average molecular weight is 455 g/mol. The standard InChI is InChI=1S/C28H54O4/c1-5-9-13-19-25(17-7-3)23-31-27(29)21-15-11-12-16-22-28(30)32-24-26(18-8-4)20-14-10-6-2/h25-26H,5-24H2,1-4H3. The van der Waals surface area contributed by atoms with Crippen molar-refractivity contribution in [2.24, 2.45) is 11.8 Å². The Bertz CT molecular complexity index is 395. The van der Waals surface area contributed by atoms with Gasteiger partial charge < -0.3 is 9.47 Å². The molecule has 0 bridgehead atoms. The van der Waals surface area contributed by atoms with Crippen LogP contribution < -0.4 is 0 Å². The number of carbonyl (C=O) groups is 2. The fraction of sp³-hybridized carbons (Fsp3) is 0.929. The van der Waals surface area contributed by atoms with Crippen LogP contribution in [0, 0.1) is 11.8 Å². The average Bonchev–Trinajstić information content (AvgIpc) is 2.78. The number of hydrogen-bond donors (Lipinski definition) is 0. The highest BCUT2D eigenvalue weighted by Crippen LogP contribution is 2.18. The van der Waals surface area contributed by atoms with Crippen LogP contribution in [0.3, 0.4) is 0 Å². The molecule has 4 heteroatoms. The molecule has 2 unspecified atom stereocenters. The van der Waals surface area contributed by atoms with E-state index in [0.717, 1.165) is 51.4 Å². The number of carbonyl (C=O) groups excluding carboxylic acids is 2. The largest absolute Gasteiger partial charge is 0.465 e. The number of rotatable bonds is 23. The molecule has 32 heavy (non-hydrogen) atoms. The molecule has 4 nitrogen and oxygen atoms in total. The zero-order valence-electron chi connectivity index (χ0n) is 21.9. The first-order valence-corrected chi connectivity index (χ1v) is 13.9. The van der Waals surface area contributed by atoms with Crippen LogP contribution in [0.4, 0.5) is 0 Å². The fourth-order valence-corrected chi connectivity index (χ4v) is 4.26. The van der Waals surface area contributed by atoms with Crippen LogP contribution in [0.2, 0.25) is 0 Å². The van der Waals surface area contributed by atoms with E-state index in [1.807, 2.05) is 0 Å². The van der Waals surface area contributed by atoms with E-state index in [0.29, 0.717) is 37.9 Å². The van der Waals surface area contributed by atoms with Gasteiger partial charge in [0.1, 0.15) is 0 Å². The first-order valence-electron chi connectivity index (χ1n) is 13.9. The van der Waals surface area contributed by atoms with Gasteiger partial charge in [0.2, 0.25) is 0 Å². The van der Waals surface area contributed by atoms with Crippen molar-refractivity contribution in [1.82, 2.24) is 0 Å². The lowest BCUT2D eigenvalue weighted by Crippen LogP contribution is -2.14. The van der Waals surface area contributed by atoms with Gasteiger partial charge in [-0.3, -0.25) is 9.59 Å². The highest BCUT2D eigenvalue weighted by Gasteiger charge is 2.13. The highest BCUT2D eigenvalue weighted by atomic mass is 16.5. The number of esters is 2. The van der Waals surface area contributed by atoms with Gasteiger partial charge in [-0.05, 0) is 50.4 Å². The first kappa shape index (κ1) is 30.9. The van der Waals surface area contributed by atoms with Crippen molar-refractivity contribution >= 4 is 11.9 Å². The van der Waals surface area contributed by atoms with Gasteiger partial charge in [-0.1, -0.05) is 91.9 Å². The Morgan fingerprint density at radius 3 is 1.25 bits per heavy atom. The van der Waals surface area contributed by atoms with E-state index in [1.165, 1.54) is 51.4 Å². The van der Waals surface area contributed by atoms with Crippen molar-refractivity contribution in [3.8, 4) is 0 Å². The molecule has 0 heterocycles. The van der Waals surface area contributed by atoms with E-state index in [4.69, 9.17) is 9.47 Å². The minimum absolute atomic E-state index is 0.0638. The van der Waals surface area contributed by atoms with Gasteiger partial charge in [-0.2, -0.15) is 0 Å². The Morgan fingerprint density at radius 2 is 0.906 bits per heavy atom. The quantitative estimate of drug-likeness (QED) is 0.115. The molecule has 0 rings (SSSR count). The van der Waals surface area contributed by atoms with Crippen LogP contribution >= 0.6 is 0 Å². The van der Waals surface area contributed by atoms with E-state index >= 15 is 0 Å². The third-order valence-electron chi connectivity index (χ3n) is 6.30. The molecule has 0 amide bonds. The summed E-state index contributed by atoms with van der Waals surface area (Å²) in [7, 11) is 0. The number of hydrogen-bond acceptors (Lipinski definition) is 4. The summed E-state index contributed by atoms with van der Waals surface area (Å²) in [5.41, 5.74) is 0. The predicted molar refractivity (Wildman–Crippen MR) is 135 cm³/mol. The summed E-state index contributed by atoms with van der Waals surface area (Å²) in [4.78, 5) is 24.0. The van der Waals surface area contributed by atoms with Crippen molar-refractivity contribution < 1.29 is 19.1 Å². The lowest BCUT2D eigenvalue weighted by atomic mass is 9.97. The molecule has 0 aliphatic carbocycles. The van der Waals surface area contributed by atoms with Crippen LogP contribution in [0.1, 0.15) is 143 Å². The lowest BCUT2D eigenvalue weighted by molar-refractivity contribution is -0.146. The first-order chi connectivity index (χ1) is 15.6. The minimum Gasteiger partial charge on any atom is -0.465 e. The van der Waals surface area contributed by atoms with Crippen molar-refractivity contribution in [3.05, 3.63) is 0 Å². The van der Waals surface area contributed by atoms with E-state index in [-0.39, 0.29) is 11.9 Å². The molecule has 0 radical (unpaired) electrons. The molecule has 0 aromatic carbocycles. The van der Waals surface area contributed by atoms with E-state index in [2.05, 4.69) is 27.7 Å². The number of unbranched alkanes of at least 4 members (excludes halogenated alkanes) is 7. The molecule has 0 spiro atoms. The van der Waals surface area contributed by atoms with E-state index in [1.54, 1.807) is 0 Å². The molecule has 0 N–H and O–H groups in total. The summed E-state index contributed by atoms with van der Waals surface area (Å²) in [5.74, 6) is 0.909. The zero-order valence-corrected chi connectivity index (χ0v) is 21.9. The minimum atomic E-state index is -0.0638. The molecule has 2 atom stereocenters. The van der Waals surface area contributed by atoms with E-state index in [9.17, 15) is 9.59 Å². The summed E-state index contributed by atoms with van der Waals surface area (Å²) in [6.45, 7) is 10.00. The van der Waals surface area contributed by atoms with Crippen LogP contribution in [0.5, 0.6) is 0 Å². The van der Waals surface area contributed by atoms with Gasteiger partial charge in [0.25, 0.3) is 0 Å². The summed E-state index contributed by atoms with van der Waals surface area (Å²) in [6.07, 6.45) is 19.0. The second-order valence-corrected chi connectivity index (χ2v) is 9.58. The summed E-state index contributed by atoms with van der Waals surface area (Å²) >= 11 is 0. The highest BCUT2D eigenvalue weighted by molar-refractivity contribution is 5.69. The maximum atomic E-state index is 12.0. The van der Waals surface area contributed by atoms with Crippen molar-refractivity contribution in [2.45, 2.75) is 143 Å². The van der Waals surface area contributed by atoms with Gasteiger partial charge in [0, 0.05) is 12.8 Å². The molecule has 0 saturated carbocycles. The summed E-state index contributed by atoms with van der Waals surface area (Å²) < 4.78 is 11.1. The molecule has 0 aliphatic rings. The molecule has 0 fully saturated rings. The number of ether oxygens (including phenoxy) is 2. The Kier molecular flexibility index (Phi) is 22.3. The van der Waals surface area contributed by atoms with E-state index < -0.39 is 0 Å². The Hall–Kier alpha value is -1.06. The molecule has 0 aliphatic heterocycles. The second kappa shape index (κ2) is 23.1. The topological polar surface area (TPSA) is 52.6 Å². The molecular weight excluding hydrogens is 400 g/mol. The molecular formula is C28H54O4. The second-order valence-electron chi connectivity index (χ2n) is 9.58. The van der Waals surface area contributed by atoms with Crippen molar-refractivity contribution in [3.63, 3.8) is 0 Å². The smallest absolute Gasteiger partial charge is 0.305 e. The molecule has 0 aromatic rings. The van der Waals surface area contributed by atoms with Gasteiger partial charge >= 0.3 is 11.9 Å². The molecule has 190 valence electrons. The van der Waals surface area contributed by atoms with Gasteiger partial charge in [0.05, 0.1) is 13.2 Å². The fourth-order valence-electron chi connectivity index (χ4n) is 4.26. The Labute approximate surface area is 199 Å². The third kappa shape index (κ3) is 19.6. The van der Waals surface area contributed by atoms with Crippen LogP contribution in [0.25, 0.3) is 0 Å². The maximum absolute atomic E-state index is 12.0. The van der Waals surface area contributed by atoms with Crippen molar-refractivity contribution in [1.29, 1.82) is 0 Å². The van der Waals surface area contributed by atoms with Gasteiger partial charge in [-0.15, -0.1) is 0 Å². The molecule has 0 saturated heterocycles. The maximum Gasteiger partial charge on any atom is 0.305 e. The van der Waals surface area contributed by atoms with Crippen molar-refractivity contribution in [2.75, 3.05) is 13.2 Å². The zero-order chi connectivity index (χ0) is 23.9. The Morgan fingerprint density at radius 1 is 0.500 bits per heavy atom. The van der Waals surface area contributed by atoms with Crippen LogP contribution in [-0.4, -0.2) is 25.2 Å². The lowest BCUT2D eigenvalue weighted by Gasteiger charge is -2.16. The third-order valence-corrected chi connectivity index (χ3v) is 6.30.